The molecule has 0 spiro atoms. The van der Waals surface area contributed by atoms with Crippen molar-refractivity contribution in [1.29, 1.82) is 0 Å². The third-order valence-corrected chi connectivity index (χ3v) is 19.4. The SMILES string of the molecule is CC(=O)C=C(C)O.CC(=O)C=C(C)O.CC(=O)C=C(C)O.Cc1[c-]c(-c2cc3sc(-c4c(C)cccc4C)cc3cn2)cc(C(C)(C)C)c1.Cc1[c-]c(-c2cc3sc(-c4ccc(C)cc4)cc3cn2)cc(C(C)(C)C)c1.Cc1[c-]c(-c2cc3sc(-c4ccccc4)cc3cn2)cc(C(C)(C)C)c1.[Ir].[Ir].[Ir]. The van der Waals surface area contributed by atoms with Crippen molar-refractivity contribution >= 4 is 81.6 Å². The van der Waals surface area contributed by atoms with E-state index in [1.807, 2.05) is 52.6 Å². The van der Waals surface area contributed by atoms with Gasteiger partial charge in [0, 0.05) is 142 Å². The van der Waals surface area contributed by atoms with Crippen LogP contribution in [0.5, 0.6) is 0 Å². The molecule has 0 bridgehead atoms. The van der Waals surface area contributed by atoms with Crippen LogP contribution in [0.2, 0.25) is 0 Å². The number of carbonyl (C=O) groups excluding carboxylic acids is 3. The van der Waals surface area contributed by atoms with Gasteiger partial charge in [-0.25, -0.2) is 0 Å². The normalized spacial score (nSPS) is 11.5. The maximum Gasteiger partial charge on any atom is 0.155 e. The number of aryl methyl sites for hydroxylation is 6. The number of carbonyl (C=O) groups is 3. The topological polar surface area (TPSA) is 151 Å². The number of hydrogen-bond donors (Lipinski definition) is 3. The Morgan fingerprint density at radius 2 is 0.667 bits per heavy atom. The van der Waals surface area contributed by atoms with Crippen LogP contribution in [0.1, 0.15) is 154 Å². The number of benzene rings is 6. The van der Waals surface area contributed by atoms with E-state index in [1.165, 1.54) is 155 Å². The van der Waals surface area contributed by atoms with Crippen LogP contribution in [-0.4, -0.2) is 47.6 Å². The van der Waals surface area contributed by atoms with Crippen LogP contribution in [0.15, 0.2) is 200 Å². The van der Waals surface area contributed by atoms with Crippen molar-refractivity contribution in [1.82, 2.24) is 15.0 Å². The summed E-state index contributed by atoms with van der Waals surface area (Å²) in [5.74, 6) is -0.187. The molecule has 0 aliphatic rings. The van der Waals surface area contributed by atoms with E-state index in [0.717, 1.165) is 50.5 Å². The Hall–Kier alpha value is -7.77. The molecule has 12 aromatic rings. The van der Waals surface area contributed by atoms with Gasteiger partial charge in [-0.2, -0.15) is 0 Å². The molecule has 0 aliphatic heterocycles. The maximum atomic E-state index is 10.0. The number of rotatable bonds is 9. The van der Waals surface area contributed by atoms with Gasteiger partial charge in [-0.15, -0.1) is 139 Å². The van der Waals surface area contributed by atoms with Gasteiger partial charge in [0.05, 0.1) is 17.3 Å². The van der Waals surface area contributed by atoms with Crippen LogP contribution in [0, 0.1) is 59.7 Å². The fourth-order valence-corrected chi connectivity index (χ4v) is 14.3. The second kappa shape index (κ2) is 39.7. The zero-order valence-corrected chi connectivity index (χ0v) is 73.6. The molecule has 0 unspecified atom stereocenters. The molecule has 0 amide bonds. The van der Waals surface area contributed by atoms with E-state index in [-0.39, 0.29) is 111 Å². The van der Waals surface area contributed by atoms with E-state index in [1.54, 1.807) is 0 Å². The molecule has 3 radical (unpaired) electrons. The minimum absolute atomic E-state index is 0. The molecule has 6 aromatic carbocycles. The fourth-order valence-electron chi connectivity index (χ4n) is 10.9. The number of pyridine rings is 3. The Morgan fingerprint density at radius 1 is 0.371 bits per heavy atom. The second-order valence-electron chi connectivity index (χ2n) is 29.0. The molecule has 6 heterocycles. The van der Waals surface area contributed by atoms with E-state index in [0.29, 0.717) is 0 Å². The molecule has 105 heavy (non-hydrogen) atoms. The fraction of sp³-hybridized carbons (Fsp3) is 0.267. The van der Waals surface area contributed by atoms with Gasteiger partial charge in [0.25, 0.3) is 0 Å². The molecule has 0 atom stereocenters. The Balaban J connectivity index is 0.000000289. The molecule has 3 N–H and O–H groups in total. The minimum atomic E-state index is -0.125. The first kappa shape index (κ1) is 89.6. The number of ketones is 3. The molecule has 0 saturated heterocycles. The number of thiophene rings is 3. The predicted molar refractivity (Wildman–Crippen MR) is 434 cm³/mol. The average Bonchev–Trinajstić information content (AvgIpc) is 1.71. The van der Waals surface area contributed by atoms with Crippen LogP contribution >= 0.6 is 34.0 Å². The van der Waals surface area contributed by atoms with Gasteiger partial charge in [0.2, 0.25) is 0 Å². The largest absolute Gasteiger partial charge is 0.512 e. The summed E-state index contributed by atoms with van der Waals surface area (Å²) >= 11 is 5.49. The third-order valence-electron chi connectivity index (χ3n) is 16.0. The monoisotopic (exact) mass is 1990 g/mol. The summed E-state index contributed by atoms with van der Waals surface area (Å²) in [6.45, 7) is 41.6. The Labute approximate surface area is 675 Å². The van der Waals surface area contributed by atoms with E-state index in [9.17, 15) is 14.4 Å². The average molecular weight is 1990 g/mol. The smallest absolute Gasteiger partial charge is 0.155 e. The molecule has 15 heteroatoms. The van der Waals surface area contributed by atoms with Gasteiger partial charge in [-0.05, 0) is 142 Å². The summed E-state index contributed by atoms with van der Waals surface area (Å²) < 4.78 is 3.80. The van der Waals surface area contributed by atoms with Crippen molar-refractivity contribution < 1.29 is 90.0 Å². The molecule has 0 aliphatic carbocycles. The zero-order chi connectivity index (χ0) is 75.1. The Bertz CT molecular complexity index is 4960. The van der Waals surface area contributed by atoms with Gasteiger partial charge in [-0.1, -0.05) is 180 Å². The molecule has 12 rings (SSSR count). The number of aliphatic hydroxyl groups is 3. The summed E-state index contributed by atoms with van der Waals surface area (Å²) in [6.07, 6.45) is 9.48. The van der Waals surface area contributed by atoms with Gasteiger partial charge in [0.15, 0.2) is 17.3 Å². The summed E-state index contributed by atoms with van der Waals surface area (Å²) in [7, 11) is 0. The predicted octanol–water partition coefficient (Wildman–Crippen LogP) is 25.1. The Kier molecular flexibility index (Phi) is 33.9. The van der Waals surface area contributed by atoms with Crippen molar-refractivity contribution in [2.24, 2.45) is 0 Å². The number of aliphatic hydroxyl groups excluding tert-OH is 3. The van der Waals surface area contributed by atoms with Gasteiger partial charge >= 0.3 is 0 Å². The molecular formula is C90H96Ir3N3O6S3-3. The summed E-state index contributed by atoms with van der Waals surface area (Å²) in [6, 6.07) is 62.9. The standard InChI is InChI=1S/C26H26NS.C25H24NS.C24H22NS.3C5H8O2.3Ir/c1-16-10-19(12-21(11-16)26(4,5)6)22-14-23-20(15-27-22)13-24(28-23)25-17(2)8-7-9-18(25)3;1-16-6-8-18(9-7-16)23-13-20-15-26-22(14-24(20)27-23)19-10-17(2)11-21(12-19)25(3,4)5;1-16-10-18(12-20(11-16)24(2,3)4)21-14-23-19(15-25-21)13-22(26-23)17-8-6-5-7-9-17;3*1-4(6)3-5(2)7;;;/h7-9,11-15H,1-6H3;6-9,11-15H,1-5H3;5-9,11-15H,1-4H3;3*3,6H,1-2H3;;;/q3*-1;;;;;;. The van der Waals surface area contributed by atoms with Crippen LogP contribution in [-0.2, 0) is 90.9 Å². The van der Waals surface area contributed by atoms with Crippen molar-refractivity contribution in [2.45, 2.75) is 162 Å². The number of hydrogen-bond acceptors (Lipinski definition) is 12. The van der Waals surface area contributed by atoms with E-state index in [4.69, 9.17) is 30.3 Å². The number of fused-ring (bicyclic) bond motifs is 3. The maximum absolute atomic E-state index is 10.0. The van der Waals surface area contributed by atoms with Gasteiger partial charge < -0.3 is 30.3 Å². The first-order valence-corrected chi connectivity index (χ1v) is 36.4. The van der Waals surface area contributed by atoms with Crippen LogP contribution < -0.4 is 0 Å². The molecule has 6 aromatic heterocycles. The van der Waals surface area contributed by atoms with Gasteiger partial charge in [-0.3, -0.25) is 14.4 Å². The Morgan fingerprint density at radius 3 is 0.952 bits per heavy atom. The van der Waals surface area contributed by atoms with Gasteiger partial charge in [0.1, 0.15) is 0 Å². The van der Waals surface area contributed by atoms with Crippen LogP contribution in [0.4, 0.5) is 0 Å². The first-order valence-electron chi connectivity index (χ1n) is 34.0. The first-order chi connectivity index (χ1) is 47.8. The van der Waals surface area contributed by atoms with Crippen LogP contribution in [0.3, 0.4) is 0 Å². The number of nitrogens with zero attached hydrogens (tertiary/aromatic N) is 3. The van der Waals surface area contributed by atoms with E-state index in [2.05, 4.69) is 268 Å². The summed E-state index contributed by atoms with van der Waals surface area (Å²) in [4.78, 5) is 48.2. The van der Waals surface area contributed by atoms with Crippen LogP contribution in [0.25, 0.3) is 95.4 Å². The quantitative estimate of drug-likeness (QED) is 0.0729. The number of aromatic nitrogens is 3. The minimum Gasteiger partial charge on any atom is -0.512 e. The third kappa shape index (κ3) is 27.2. The van der Waals surface area contributed by atoms with E-state index < -0.39 is 0 Å². The van der Waals surface area contributed by atoms with Crippen molar-refractivity contribution in [3.8, 4) is 65.1 Å². The van der Waals surface area contributed by atoms with Crippen molar-refractivity contribution in [2.75, 3.05) is 0 Å². The van der Waals surface area contributed by atoms with Crippen molar-refractivity contribution in [3.63, 3.8) is 0 Å². The molecule has 0 fully saturated rings. The summed E-state index contributed by atoms with van der Waals surface area (Å²) in [5.41, 5.74) is 21.8. The molecule has 9 nitrogen and oxygen atoms in total. The summed E-state index contributed by atoms with van der Waals surface area (Å²) in [5, 5.41) is 28.7. The molecular weight excluding hydrogens is 1890 g/mol. The molecule has 0 saturated carbocycles. The number of allylic oxidation sites excluding steroid dienone is 6. The molecule has 555 valence electrons. The zero-order valence-electron chi connectivity index (χ0n) is 64.0. The second-order valence-corrected chi connectivity index (χ2v) is 32.2. The van der Waals surface area contributed by atoms with Crippen molar-refractivity contribution in [3.05, 3.63) is 268 Å². The van der Waals surface area contributed by atoms with E-state index >= 15 is 0 Å².